The van der Waals surface area contributed by atoms with Crippen LogP contribution in [0.2, 0.25) is 0 Å². The second-order valence-corrected chi connectivity index (χ2v) is 8.52. The van der Waals surface area contributed by atoms with Gasteiger partial charge in [0.1, 0.15) is 5.69 Å². The van der Waals surface area contributed by atoms with Crippen LogP contribution in [0.4, 0.5) is 0 Å². The number of aromatic nitrogens is 2. The van der Waals surface area contributed by atoms with E-state index in [1.165, 1.54) is 48.2 Å². The SMILES string of the molecule is CCCC(C)Cc1cc(-c2ccccc2C(C)(C)CCC)[n+](C)c(C)n1. The van der Waals surface area contributed by atoms with E-state index < -0.39 is 0 Å². The molecule has 2 heteroatoms. The minimum atomic E-state index is 0.172. The fourth-order valence-corrected chi connectivity index (χ4v) is 4.12. The van der Waals surface area contributed by atoms with Crippen LogP contribution in [0.1, 0.15) is 77.4 Å². The normalized spacial score (nSPS) is 13.0. The molecule has 0 saturated heterocycles. The zero-order valence-corrected chi connectivity index (χ0v) is 17.9. The minimum absolute atomic E-state index is 0.172. The predicted octanol–water partition coefficient (Wildman–Crippen LogP) is 5.94. The number of hydrogen-bond donors (Lipinski definition) is 0. The third kappa shape index (κ3) is 4.72. The topological polar surface area (TPSA) is 16.8 Å². The summed E-state index contributed by atoms with van der Waals surface area (Å²) in [6, 6.07) is 11.2. The standard InChI is InChI=1S/C24H37N2/c1-8-12-18(3)16-20-17-23(26(7)19(4)25-20)21-13-10-11-14-22(21)24(5,6)15-9-2/h10-11,13-14,17-18H,8-9,12,15-16H2,1-7H3/q+1. The minimum Gasteiger partial charge on any atom is -0.230 e. The molecule has 1 aromatic heterocycles. The van der Waals surface area contributed by atoms with E-state index >= 15 is 0 Å². The van der Waals surface area contributed by atoms with Crippen molar-refractivity contribution in [2.75, 3.05) is 0 Å². The Kier molecular flexibility index (Phi) is 6.97. The fourth-order valence-electron chi connectivity index (χ4n) is 4.12. The van der Waals surface area contributed by atoms with Crippen LogP contribution in [-0.2, 0) is 18.9 Å². The molecule has 0 fully saturated rings. The van der Waals surface area contributed by atoms with Crippen molar-refractivity contribution in [3.63, 3.8) is 0 Å². The summed E-state index contributed by atoms with van der Waals surface area (Å²) in [6.45, 7) is 13.7. The first-order valence-corrected chi connectivity index (χ1v) is 10.3. The highest BCUT2D eigenvalue weighted by molar-refractivity contribution is 5.63. The lowest BCUT2D eigenvalue weighted by Gasteiger charge is -2.27. The van der Waals surface area contributed by atoms with Crippen LogP contribution in [0.15, 0.2) is 30.3 Å². The molecule has 2 aromatic rings. The maximum Gasteiger partial charge on any atom is 0.295 e. The predicted molar refractivity (Wildman–Crippen MR) is 111 cm³/mol. The molecule has 1 atom stereocenters. The van der Waals surface area contributed by atoms with Gasteiger partial charge in [-0.25, -0.2) is 4.57 Å². The zero-order chi connectivity index (χ0) is 19.3. The largest absolute Gasteiger partial charge is 0.295 e. The Labute approximate surface area is 160 Å². The highest BCUT2D eigenvalue weighted by atomic mass is 15.0. The van der Waals surface area contributed by atoms with Crippen molar-refractivity contribution < 1.29 is 4.57 Å². The van der Waals surface area contributed by atoms with Crippen LogP contribution in [0.3, 0.4) is 0 Å². The first-order chi connectivity index (χ1) is 12.3. The molecule has 2 rings (SSSR count). The summed E-state index contributed by atoms with van der Waals surface area (Å²) >= 11 is 0. The van der Waals surface area contributed by atoms with Crippen LogP contribution < -0.4 is 4.57 Å². The molecule has 1 aromatic carbocycles. The van der Waals surface area contributed by atoms with E-state index in [2.05, 4.69) is 83.5 Å². The summed E-state index contributed by atoms with van der Waals surface area (Å²) in [5.41, 5.74) is 5.47. The van der Waals surface area contributed by atoms with Gasteiger partial charge < -0.3 is 0 Å². The van der Waals surface area contributed by atoms with E-state index in [9.17, 15) is 0 Å². The number of benzene rings is 1. The van der Waals surface area contributed by atoms with Crippen molar-refractivity contribution in [1.82, 2.24) is 4.98 Å². The molecule has 0 radical (unpaired) electrons. The lowest BCUT2D eigenvalue weighted by Crippen LogP contribution is -2.37. The van der Waals surface area contributed by atoms with Crippen molar-refractivity contribution in [2.24, 2.45) is 13.0 Å². The van der Waals surface area contributed by atoms with E-state index in [0.717, 1.165) is 12.2 Å². The Morgan fingerprint density at radius 1 is 1.12 bits per heavy atom. The molecular formula is C24H37N2+. The molecule has 0 aliphatic heterocycles. The van der Waals surface area contributed by atoms with E-state index in [4.69, 9.17) is 4.98 Å². The monoisotopic (exact) mass is 353 g/mol. The lowest BCUT2D eigenvalue weighted by atomic mass is 9.77. The summed E-state index contributed by atoms with van der Waals surface area (Å²) in [6.07, 6.45) is 5.95. The Balaban J connectivity index is 2.53. The third-order valence-electron chi connectivity index (χ3n) is 5.60. The Morgan fingerprint density at radius 3 is 2.46 bits per heavy atom. The first-order valence-electron chi connectivity index (χ1n) is 10.3. The van der Waals surface area contributed by atoms with E-state index in [-0.39, 0.29) is 5.41 Å². The van der Waals surface area contributed by atoms with Gasteiger partial charge in [-0.05, 0) is 23.3 Å². The molecule has 142 valence electrons. The summed E-state index contributed by atoms with van der Waals surface area (Å²) in [7, 11) is 2.14. The van der Waals surface area contributed by atoms with Gasteiger partial charge in [-0.1, -0.05) is 83.1 Å². The Bertz CT molecular complexity index is 731. The smallest absolute Gasteiger partial charge is 0.230 e. The molecule has 0 aliphatic carbocycles. The molecule has 0 N–H and O–H groups in total. The van der Waals surface area contributed by atoms with Crippen molar-refractivity contribution >= 4 is 0 Å². The van der Waals surface area contributed by atoms with E-state index in [1.807, 2.05) is 0 Å². The number of aryl methyl sites for hydroxylation is 1. The number of nitrogens with zero attached hydrogens (tertiary/aromatic N) is 2. The summed E-state index contributed by atoms with van der Waals surface area (Å²) in [5.74, 6) is 1.77. The van der Waals surface area contributed by atoms with E-state index in [0.29, 0.717) is 5.92 Å². The van der Waals surface area contributed by atoms with Gasteiger partial charge in [0.25, 0.3) is 5.82 Å². The molecule has 2 nitrogen and oxygen atoms in total. The van der Waals surface area contributed by atoms with Gasteiger partial charge in [-0.3, -0.25) is 0 Å². The molecule has 26 heavy (non-hydrogen) atoms. The lowest BCUT2D eigenvalue weighted by molar-refractivity contribution is -0.670. The van der Waals surface area contributed by atoms with Crippen LogP contribution in [0.25, 0.3) is 11.3 Å². The van der Waals surface area contributed by atoms with E-state index in [1.54, 1.807) is 0 Å². The van der Waals surface area contributed by atoms with Crippen LogP contribution in [0, 0.1) is 12.8 Å². The Hall–Kier alpha value is -1.70. The van der Waals surface area contributed by atoms with Gasteiger partial charge in [-0.15, -0.1) is 0 Å². The van der Waals surface area contributed by atoms with Gasteiger partial charge in [0.15, 0.2) is 5.69 Å². The molecule has 1 heterocycles. The van der Waals surface area contributed by atoms with Crippen molar-refractivity contribution in [1.29, 1.82) is 0 Å². The van der Waals surface area contributed by atoms with Gasteiger partial charge >= 0.3 is 0 Å². The van der Waals surface area contributed by atoms with Gasteiger partial charge in [0.2, 0.25) is 0 Å². The molecule has 0 spiro atoms. The summed E-state index contributed by atoms with van der Waals surface area (Å²) in [5, 5.41) is 0. The third-order valence-corrected chi connectivity index (χ3v) is 5.60. The van der Waals surface area contributed by atoms with Crippen LogP contribution in [-0.4, -0.2) is 4.98 Å². The first kappa shape index (κ1) is 20.6. The molecular weight excluding hydrogens is 316 g/mol. The Morgan fingerprint density at radius 2 is 1.81 bits per heavy atom. The number of hydrogen-bond acceptors (Lipinski definition) is 1. The molecule has 0 amide bonds. The van der Waals surface area contributed by atoms with Crippen molar-refractivity contribution in [3.05, 3.63) is 47.4 Å². The number of rotatable bonds is 8. The molecule has 0 aliphatic rings. The zero-order valence-electron chi connectivity index (χ0n) is 17.9. The second kappa shape index (κ2) is 8.79. The van der Waals surface area contributed by atoms with Gasteiger partial charge in [0, 0.05) is 25.0 Å². The van der Waals surface area contributed by atoms with Crippen molar-refractivity contribution in [2.45, 2.75) is 79.1 Å². The quantitative estimate of drug-likeness (QED) is 0.537. The summed E-state index contributed by atoms with van der Waals surface area (Å²) in [4.78, 5) is 4.87. The van der Waals surface area contributed by atoms with Crippen molar-refractivity contribution in [3.8, 4) is 11.3 Å². The molecule has 1 unspecified atom stereocenters. The summed E-state index contributed by atoms with van der Waals surface area (Å²) < 4.78 is 2.24. The fraction of sp³-hybridized carbons (Fsp3) is 0.583. The average Bonchev–Trinajstić information content (AvgIpc) is 2.58. The highest BCUT2D eigenvalue weighted by Gasteiger charge is 2.26. The average molecular weight is 354 g/mol. The van der Waals surface area contributed by atoms with Crippen LogP contribution in [0.5, 0.6) is 0 Å². The molecule has 0 bridgehead atoms. The maximum atomic E-state index is 4.87. The maximum absolute atomic E-state index is 4.87. The highest BCUT2D eigenvalue weighted by Crippen LogP contribution is 2.35. The second-order valence-electron chi connectivity index (χ2n) is 8.52. The van der Waals surface area contributed by atoms with Crippen LogP contribution >= 0.6 is 0 Å². The van der Waals surface area contributed by atoms with Gasteiger partial charge in [0.05, 0.1) is 7.05 Å². The molecule has 0 saturated carbocycles. The van der Waals surface area contributed by atoms with Gasteiger partial charge in [-0.2, -0.15) is 0 Å².